The largest absolute Gasteiger partial charge is 0.493 e. The van der Waals surface area contributed by atoms with E-state index in [1.807, 2.05) is 24.3 Å². The summed E-state index contributed by atoms with van der Waals surface area (Å²) < 4.78 is 12.0. The van der Waals surface area contributed by atoms with E-state index in [1.165, 1.54) is 24.9 Å². The van der Waals surface area contributed by atoms with Crippen LogP contribution in [0.25, 0.3) is 6.08 Å². The highest BCUT2D eigenvalue weighted by Crippen LogP contribution is 2.19. The van der Waals surface area contributed by atoms with Gasteiger partial charge in [-0.1, -0.05) is 30.0 Å². The van der Waals surface area contributed by atoms with Crippen molar-refractivity contribution in [2.45, 2.75) is 11.7 Å². The quantitative estimate of drug-likeness (QED) is 0.241. The van der Waals surface area contributed by atoms with Crippen molar-refractivity contribution >= 4 is 29.8 Å². The zero-order valence-electron chi connectivity index (χ0n) is 13.9. The van der Waals surface area contributed by atoms with Crippen molar-refractivity contribution in [3.05, 3.63) is 48.6 Å². The van der Waals surface area contributed by atoms with Crippen LogP contribution in [0.15, 0.2) is 48.2 Å². The lowest BCUT2D eigenvalue weighted by Gasteiger charge is -2.07. The maximum Gasteiger partial charge on any atom is 0.330 e. The van der Waals surface area contributed by atoms with Crippen molar-refractivity contribution in [2.24, 2.45) is 0 Å². The van der Waals surface area contributed by atoms with E-state index in [4.69, 9.17) is 10.5 Å². The molecule has 2 rings (SSSR count). The minimum atomic E-state index is -0.387. The number of hydrogen-bond donors (Lipinski definition) is 1. The molecule has 0 bridgehead atoms. The number of esters is 1. The molecule has 2 N–H and O–H groups in total. The van der Waals surface area contributed by atoms with Crippen molar-refractivity contribution in [1.82, 2.24) is 14.8 Å². The number of thioether (sulfide) groups is 1. The molecule has 0 aliphatic rings. The molecule has 132 valence electrons. The fourth-order valence-electron chi connectivity index (χ4n) is 1.91. The van der Waals surface area contributed by atoms with E-state index in [0.717, 1.165) is 16.5 Å². The molecule has 0 atom stereocenters. The second-order valence-corrected chi connectivity index (χ2v) is 5.92. The molecule has 0 radical (unpaired) electrons. The van der Waals surface area contributed by atoms with Gasteiger partial charge in [0, 0.05) is 18.4 Å². The Morgan fingerprint density at radius 1 is 1.36 bits per heavy atom. The average Bonchev–Trinajstić information content (AvgIpc) is 2.98. The number of aromatic nitrogens is 3. The Morgan fingerprint density at radius 2 is 2.12 bits per heavy atom. The number of methoxy groups -OCH3 is 1. The highest BCUT2D eigenvalue weighted by Gasteiger charge is 2.08. The topological polar surface area (TPSA) is 92.3 Å². The monoisotopic (exact) mass is 360 g/mol. The first kappa shape index (κ1) is 18.6. The Kier molecular flexibility index (Phi) is 7.09. The number of allylic oxidation sites excluding steroid dienone is 1. The molecule has 0 aliphatic heterocycles. The SMILES string of the molecule is C=CCn1c(N)nnc1SCCOc1ccc(/C=C/C(=O)OC)cc1. The Morgan fingerprint density at radius 3 is 2.80 bits per heavy atom. The molecule has 25 heavy (non-hydrogen) atoms. The van der Waals surface area contributed by atoms with Crippen molar-refractivity contribution in [2.75, 3.05) is 25.2 Å². The summed E-state index contributed by atoms with van der Waals surface area (Å²) >= 11 is 1.52. The van der Waals surface area contributed by atoms with Gasteiger partial charge in [-0.25, -0.2) is 4.79 Å². The third-order valence-corrected chi connectivity index (χ3v) is 4.06. The maximum atomic E-state index is 11.0. The molecule has 1 aromatic carbocycles. The standard InChI is InChI=1S/C17H20N4O3S/c1-3-10-21-16(18)19-20-17(21)25-12-11-24-14-7-4-13(5-8-14)6-9-15(22)23-2/h3-9H,1,10-12H2,2H3,(H2,18,19)/b9-6+. The number of nitrogen functional groups attached to an aromatic ring is 1. The Labute approximate surface area is 150 Å². The smallest absolute Gasteiger partial charge is 0.330 e. The van der Waals surface area contributed by atoms with Gasteiger partial charge in [0.15, 0.2) is 5.16 Å². The number of anilines is 1. The summed E-state index contributed by atoms with van der Waals surface area (Å²) in [5, 5.41) is 8.63. The summed E-state index contributed by atoms with van der Waals surface area (Å²) in [6, 6.07) is 7.42. The number of ether oxygens (including phenoxy) is 2. The Balaban J connectivity index is 1.79. The second kappa shape index (κ2) is 9.53. The Bertz CT molecular complexity index is 741. The molecular formula is C17H20N4O3S. The highest BCUT2D eigenvalue weighted by molar-refractivity contribution is 7.99. The van der Waals surface area contributed by atoms with Crippen LogP contribution in [0.1, 0.15) is 5.56 Å². The number of carbonyl (C=O) groups excluding carboxylic acids is 1. The molecule has 0 saturated heterocycles. The van der Waals surface area contributed by atoms with Gasteiger partial charge in [-0.2, -0.15) is 0 Å². The number of nitrogens with two attached hydrogens (primary N) is 1. The lowest BCUT2D eigenvalue weighted by Crippen LogP contribution is -2.05. The predicted octanol–water partition coefficient (Wildman–Crippen LogP) is 2.40. The van der Waals surface area contributed by atoms with E-state index in [0.29, 0.717) is 24.9 Å². The lowest BCUT2D eigenvalue weighted by atomic mass is 10.2. The van der Waals surface area contributed by atoms with Crippen LogP contribution in [0, 0.1) is 0 Å². The van der Waals surface area contributed by atoms with Gasteiger partial charge in [0.2, 0.25) is 5.95 Å². The summed E-state index contributed by atoms with van der Waals surface area (Å²) in [5.41, 5.74) is 6.64. The molecule has 0 spiro atoms. The van der Waals surface area contributed by atoms with Gasteiger partial charge in [-0.15, -0.1) is 16.8 Å². The van der Waals surface area contributed by atoms with Gasteiger partial charge >= 0.3 is 5.97 Å². The predicted molar refractivity (Wildman–Crippen MR) is 98.3 cm³/mol. The van der Waals surface area contributed by atoms with Crippen molar-refractivity contribution in [1.29, 1.82) is 0 Å². The van der Waals surface area contributed by atoms with Gasteiger partial charge in [-0.3, -0.25) is 4.57 Å². The van der Waals surface area contributed by atoms with Gasteiger partial charge < -0.3 is 15.2 Å². The molecule has 7 nitrogen and oxygen atoms in total. The zero-order chi connectivity index (χ0) is 18.1. The van der Waals surface area contributed by atoms with Crippen LogP contribution in [0.4, 0.5) is 5.95 Å². The van der Waals surface area contributed by atoms with Crippen molar-refractivity contribution in [3.8, 4) is 5.75 Å². The fraction of sp³-hybridized carbons (Fsp3) is 0.235. The van der Waals surface area contributed by atoms with Crippen LogP contribution in [0.5, 0.6) is 5.75 Å². The van der Waals surface area contributed by atoms with Gasteiger partial charge in [0.25, 0.3) is 0 Å². The molecule has 0 saturated carbocycles. The lowest BCUT2D eigenvalue weighted by molar-refractivity contribution is -0.134. The second-order valence-electron chi connectivity index (χ2n) is 4.86. The van der Waals surface area contributed by atoms with Crippen LogP contribution >= 0.6 is 11.8 Å². The summed E-state index contributed by atoms with van der Waals surface area (Å²) in [4.78, 5) is 11.0. The zero-order valence-corrected chi connectivity index (χ0v) is 14.7. The summed E-state index contributed by atoms with van der Waals surface area (Å²) in [7, 11) is 1.34. The summed E-state index contributed by atoms with van der Waals surface area (Å²) in [5.74, 6) is 1.45. The van der Waals surface area contributed by atoms with Crippen LogP contribution in [-0.2, 0) is 16.1 Å². The molecule has 0 aliphatic carbocycles. The van der Waals surface area contributed by atoms with Gasteiger partial charge in [-0.05, 0) is 23.8 Å². The van der Waals surface area contributed by atoms with E-state index in [2.05, 4.69) is 21.5 Å². The van der Waals surface area contributed by atoms with E-state index in [1.54, 1.807) is 16.7 Å². The van der Waals surface area contributed by atoms with Gasteiger partial charge in [0.1, 0.15) is 5.75 Å². The van der Waals surface area contributed by atoms with Crippen LogP contribution in [0.2, 0.25) is 0 Å². The molecule has 2 aromatic rings. The Hall–Kier alpha value is -2.74. The minimum Gasteiger partial charge on any atom is -0.493 e. The van der Waals surface area contributed by atoms with Crippen LogP contribution < -0.4 is 10.5 Å². The number of benzene rings is 1. The molecular weight excluding hydrogens is 340 g/mol. The van der Waals surface area contributed by atoms with E-state index >= 15 is 0 Å². The first-order valence-corrected chi connectivity index (χ1v) is 8.54. The normalized spacial score (nSPS) is 10.8. The number of nitrogens with zero attached hydrogens (tertiary/aromatic N) is 3. The molecule has 1 heterocycles. The molecule has 0 unspecified atom stereocenters. The summed E-state index contributed by atoms with van der Waals surface area (Å²) in [6.45, 7) is 4.78. The highest BCUT2D eigenvalue weighted by atomic mass is 32.2. The third kappa shape index (κ3) is 5.68. The molecule has 8 heteroatoms. The first-order chi connectivity index (χ1) is 12.1. The van der Waals surface area contributed by atoms with Gasteiger partial charge in [0.05, 0.1) is 13.7 Å². The molecule has 0 amide bonds. The molecule has 1 aromatic heterocycles. The van der Waals surface area contributed by atoms with Crippen molar-refractivity contribution in [3.63, 3.8) is 0 Å². The minimum absolute atomic E-state index is 0.374. The van der Waals surface area contributed by atoms with E-state index in [9.17, 15) is 4.79 Å². The number of carbonyl (C=O) groups is 1. The third-order valence-electron chi connectivity index (χ3n) is 3.13. The maximum absolute atomic E-state index is 11.0. The first-order valence-electron chi connectivity index (χ1n) is 7.55. The number of hydrogen-bond acceptors (Lipinski definition) is 7. The van der Waals surface area contributed by atoms with Crippen LogP contribution in [0.3, 0.4) is 0 Å². The number of rotatable bonds is 9. The van der Waals surface area contributed by atoms with E-state index in [-0.39, 0.29) is 5.97 Å². The van der Waals surface area contributed by atoms with Crippen LogP contribution in [-0.4, -0.2) is 40.2 Å². The average molecular weight is 360 g/mol. The van der Waals surface area contributed by atoms with E-state index < -0.39 is 0 Å². The molecule has 0 fully saturated rings. The fourth-order valence-corrected chi connectivity index (χ4v) is 2.68. The van der Waals surface area contributed by atoms with Crippen molar-refractivity contribution < 1.29 is 14.3 Å². The summed E-state index contributed by atoms with van der Waals surface area (Å²) in [6.07, 6.45) is 4.80.